The van der Waals surface area contributed by atoms with E-state index in [-0.39, 0.29) is 29.4 Å². The SMILES string of the molecule is COC(=O)CCCN(C)C(=O)c1cnc2n(c1=O)CCS2. The molecule has 0 N–H and O–H groups in total. The van der Waals surface area contributed by atoms with Crippen molar-refractivity contribution in [2.45, 2.75) is 24.5 Å². The van der Waals surface area contributed by atoms with Gasteiger partial charge in [-0.1, -0.05) is 11.8 Å². The van der Waals surface area contributed by atoms with Gasteiger partial charge in [0.2, 0.25) is 0 Å². The Balaban J connectivity index is 2.03. The van der Waals surface area contributed by atoms with Gasteiger partial charge in [-0.05, 0) is 6.42 Å². The summed E-state index contributed by atoms with van der Waals surface area (Å²) in [6.07, 6.45) is 2.07. The fraction of sp³-hybridized carbons (Fsp3) is 0.538. The number of hydrogen-bond donors (Lipinski definition) is 0. The Morgan fingerprint density at radius 2 is 2.29 bits per heavy atom. The maximum absolute atomic E-state index is 12.3. The van der Waals surface area contributed by atoms with E-state index in [4.69, 9.17) is 0 Å². The van der Waals surface area contributed by atoms with Crippen LogP contribution >= 0.6 is 11.8 Å². The molecule has 1 aromatic rings. The van der Waals surface area contributed by atoms with Gasteiger partial charge in [0.1, 0.15) is 5.56 Å². The first-order chi connectivity index (χ1) is 10.0. The number of nitrogens with zero attached hydrogens (tertiary/aromatic N) is 3. The van der Waals surface area contributed by atoms with E-state index in [2.05, 4.69) is 9.72 Å². The number of rotatable bonds is 5. The van der Waals surface area contributed by atoms with Crippen LogP contribution in [0.5, 0.6) is 0 Å². The highest BCUT2D eigenvalue weighted by Crippen LogP contribution is 2.20. The number of hydrogen-bond acceptors (Lipinski definition) is 6. The van der Waals surface area contributed by atoms with Crippen molar-refractivity contribution in [3.8, 4) is 0 Å². The Morgan fingerprint density at radius 3 is 3.00 bits per heavy atom. The number of esters is 1. The number of carbonyl (C=O) groups excluding carboxylic acids is 2. The first-order valence-electron chi connectivity index (χ1n) is 6.59. The summed E-state index contributed by atoms with van der Waals surface area (Å²) in [5.74, 6) is 0.117. The van der Waals surface area contributed by atoms with E-state index < -0.39 is 0 Å². The highest BCUT2D eigenvalue weighted by Gasteiger charge is 2.22. The van der Waals surface area contributed by atoms with Gasteiger partial charge in [0.15, 0.2) is 5.16 Å². The van der Waals surface area contributed by atoms with E-state index >= 15 is 0 Å². The Morgan fingerprint density at radius 1 is 1.52 bits per heavy atom. The summed E-state index contributed by atoms with van der Waals surface area (Å²) in [4.78, 5) is 41.1. The summed E-state index contributed by atoms with van der Waals surface area (Å²) in [6.45, 7) is 0.961. The molecule has 0 unspecified atom stereocenters. The molecule has 0 spiro atoms. The molecule has 2 heterocycles. The summed E-state index contributed by atoms with van der Waals surface area (Å²) >= 11 is 1.51. The van der Waals surface area contributed by atoms with Gasteiger partial charge in [0, 0.05) is 38.5 Å². The summed E-state index contributed by atoms with van der Waals surface area (Å²) in [7, 11) is 2.93. The monoisotopic (exact) mass is 311 g/mol. The van der Waals surface area contributed by atoms with Crippen LogP contribution in [0.2, 0.25) is 0 Å². The highest BCUT2D eigenvalue weighted by atomic mass is 32.2. The molecule has 7 nitrogen and oxygen atoms in total. The largest absolute Gasteiger partial charge is 0.469 e. The van der Waals surface area contributed by atoms with Crippen molar-refractivity contribution in [3.63, 3.8) is 0 Å². The third kappa shape index (κ3) is 3.44. The van der Waals surface area contributed by atoms with Gasteiger partial charge in [-0.2, -0.15) is 0 Å². The molecule has 114 valence electrons. The van der Waals surface area contributed by atoms with Crippen LogP contribution < -0.4 is 5.56 Å². The van der Waals surface area contributed by atoms with Gasteiger partial charge >= 0.3 is 5.97 Å². The van der Waals surface area contributed by atoms with E-state index in [1.807, 2.05) is 0 Å². The Bertz CT molecular complexity index is 614. The Labute approximate surface area is 126 Å². The van der Waals surface area contributed by atoms with Crippen LogP contribution in [-0.2, 0) is 16.1 Å². The molecule has 0 aliphatic carbocycles. The lowest BCUT2D eigenvalue weighted by molar-refractivity contribution is -0.140. The molecule has 0 saturated heterocycles. The Kier molecular flexibility index (Phi) is 5.00. The standard InChI is InChI=1S/C13H17N3O4S/c1-15(5-3-4-10(17)20-2)11(18)9-8-14-13-16(12(9)19)6-7-21-13/h8H,3-7H2,1-2H3. The molecule has 0 atom stereocenters. The minimum absolute atomic E-state index is 0.0711. The van der Waals surface area contributed by atoms with Gasteiger partial charge in [0.25, 0.3) is 11.5 Å². The molecule has 8 heteroatoms. The average molecular weight is 311 g/mol. The molecule has 1 amide bonds. The number of carbonyl (C=O) groups is 2. The normalized spacial score (nSPS) is 12.9. The number of fused-ring (bicyclic) bond motifs is 1. The van der Waals surface area contributed by atoms with Crippen molar-refractivity contribution in [2.75, 3.05) is 26.5 Å². The van der Waals surface area contributed by atoms with E-state index in [1.165, 1.54) is 34.5 Å². The summed E-state index contributed by atoms with van der Waals surface area (Å²) in [5.41, 5.74) is -0.225. The van der Waals surface area contributed by atoms with Crippen molar-refractivity contribution in [3.05, 3.63) is 22.1 Å². The second kappa shape index (κ2) is 6.75. The van der Waals surface area contributed by atoms with Crippen LogP contribution in [0.4, 0.5) is 0 Å². The summed E-state index contributed by atoms with van der Waals surface area (Å²) < 4.78 is 6.07. The quantitative estimate of drug-likeness (QED) is 0.577. The molecule has 21 heavy (non-hydrogen) atoms. The number of ether oxygens (including phenoxy) is 1. The molecule has 0 aromatic carbocycles. The van der Waals surface area contributed by atoms with Crippen LogP contribution in [0.25, 0.3) is 0 Å². The number of amides is 1. The minimum atomic E-state index is -0.371. The molecular weight excluding hydrogens is 294 g/mol. The van der Waals surface area contributed by atoms with Crippen molar-refractivity contribution in [2.24, 2.45) is 0 Å². The maximum Gasteiger partial charge on any atom is 0.305 e. The van der Waals surface area contributed by atoms with E-state index in [0.717, 1.165) is 5.75 Å². The second-order valence-corrected chi connectivity index (χ2v) is 5.73. The molecule has 0 bridgehead atoms. The minimum Gasteiger partial charge on any atom is -0.469 e. The van der Waals surface area contributed by atoms with Crippen LogP contribution in [0.1, 0.15) is 23.2 Å². The topological polar surface area (TPSA) is 81.5 Å². The molecule has 1 aliphatic heterocycles. The van der Waals surface area contributed by atoms with E-state index in [9.17, 15) is 14.4 Å². The van der Waals surface area contributed by atoms with Gasteiger partial charge in [-0.15, -0.1) is 0 Å². The van der Waals surface area contributed by atoms with Crippen molar-refractivity contribution in [1.29, 1.82) is 0 Å². The van der Waals surface area contributed by atoms with Crippen molar-refractivity contribution < 1.29 is 14.3 Å². The lowest BCUT2D eigenvalue weighted by atomic mass is 10.2. The molecule has 0 radical (unpaired) electrons. The predicted octanol–water partition coefficient (Wildman–Crippen LogP) is 0.374. The van der Waals surface area contributed by atoms with Gasteiger partial charge < -0.3 is 9.64 Å². The van der Waals surface area contributed by atoms with Crippen molar-refractivity contribution in [1.82, 2.24) is 14.5 Å². The molecule has 2 rings (SSSR count). The summed E-state index contributed by atoms with van der Waals surface area (Å²) in [5, 5.41) is 0.657. The number of thioether (sulfide) groups is 1. The lowest BCUT2D eigenvalue weighted by Crippen LogP contribution is -2.35. The first-order valence-corrected chi connectivity index (χ1v) is 7.58. The molecule has 1 aromatic heterocycles. The molecule has 0 fully saturated rings. The van der Waals surface area contributed by atoms with Gasteiger partial charge in [0.05, 0.1) is 7.11 Å². The predicted molar refractivity (Wildman–Crippen MR) is 77.4 cm³/mol. The van der Waals surface area contributed by atoms with E-state index in [1.54, 1.807) is 7.05 Å². The Hall–Kier alpha value is -1.83. The fourth-order valence-corrected chi connectivity index (χ4v) is 2.95. The maximum atomic E-state index is 12.3. The second-order valence-electron chi connectivity index (χ2n) is 4.67. The molecule has 0 saturated carbocycles. The zero-order chi connectivity index (χ0) is 15.4. The lowest BCUT2D eigenvalue weighted by Gasteiger charge is -2.16. The average Bonchev–Trinajstić information content (AvgIpc) is 2.96. The van der Waals surface area contributed by atoms with Gasteiger partial charge in [-0.25, -0.2) is 4.98 Å². The smallest absolute Gasteiger partial charge is 0.305 e. The summed E-state index contributed by atoms with van der Waals surface area (Å²) in [6, 6.07) is 0. The first kappa shape index (κ1) is 15.6. The van der Waals surface area contributed by atoms with Crippen molar-refractivity contribution >= 4 is 23.6 Å². The van der Waals surface area contributed by atoms with E-state index in [0.29, 0.717) is 24.7 Å². The third-order valence-electron chi connectivity index (χ3n) is 3.24. The van der Waals surface area contributed by atoms with Crippen LogP contribution in [0.15, 0.2) is 16.1 Å². The number of aromatic nitrogens is 2. The molecular formula is C13H17N3O4S. The highest BCUT2D eigenvalue weighted by molar-refractivity contribution is 7.99. The number of methoxy groups -OCH3 is 1. The van der Waals surface area contributed by atoms with Crippen LogP contribution in [0, 0.1) is 0 Å². The third-order valence-corrected chi connectivity index (χ3v) is 4.21. The van der Waals surface area contributed by atoms with Gasteiger partial charge in [-0.3, -0.25) is 19.0 Å². The zero-order valence-corrected chi connectivity index (χ0v) is 12.8. The fourth-order valence-electron chi connectivity index (χ4n) is 2.03. The zero-order valence-electron chi connectivity index (χ0n) is 12.0. The van der Waals surface area contributed by atoms with Crippen LogP contribution in [-0.4, -0.2) is 52.8 Å². The molecule has 1 aliphatic rings. The van der Waals surface area contributed by atoms with Crippen LogP contribution in [0.3, 0.4) is 0 Å².